The molecule has 0 N–H and O–H groups in total. The number of hydrogen-bond acceptors (Lipinski definition) is 3. The molecule has 0 spiro atoms. The molecule has 0 atom stereocenters. The minimum atomic E-state index is 0.134. The largest absolute Gasteiger partial charge is 0.367 e. The minimum absolute atomic E-state index is 0.134. The van der Waals surface area contributed by atoms with Gasteiger partial charge in [-0.05, 0) is 25.8 Å². The molecule has 0 saturated heterocycles. The maximum atomic E-state index is 11.7. The van der Waals surface area contributed by atoms with Crippen LogP contribution in [-0.2, 0) is 11.3 Å². The molecule has 1 aliphatic heterocycles. The number of rotatable bonds is 2. The smallest absolute Gasteiger partial charge is 0.219 e. The van der Waals surface area contributed by atoms with Crippen molar-refractivity contribution in [3.8, 4) is 0 Å². The molecule has 0 radical (unpaired) electrons. The number of hydrogen-bond donors (Lipinski definition) is 0. The van der Waals surface area contributed by atoms with E-state index in [9.17, 15) is 4.79 Å². The van der Waals surface area contributed by atoms with Gasteiger partial charge in [-0.25, -0.2) is 0 Å². The van der Waals surface area contributed by atoms with Crippen LogP contribution in [-0.4, -0.2) is 34.9 Å². The standard InChI is InChI=1S/C16H25N3O/c1-11(2)15-8-16-14(9-17-15)10-18(13(5)20)6-7-19(16)12(3)4/h8-9,11-12H,6-7,10H2,1-5H3. The molecule has 4 nitrogen and oxygen atoms in total. The average molecular weight is 275 g/mol. The third-order valence-electron chi connectivity index (χ3n) is 3.92. The fourth-order valence-electron chi connectivity index (χ4n) is 2.63. The highest BCUT2D eigenvalue weighted by Gasteiger charge is 2.23. The summed E-state index contributed by atoms with van der Waals surface area (Å²) in [6, 6.07) is 2.62. The summed E-state index contributed by atoms with van der Waals surface area (Å²) < 4.78 is 0. The molecule has 1 aromatic rings. The predicted molar refractivity (Wildman–Crippen MR) is 81.9 cm³/mol. The Balaban J connectivity index is 2.44. The molecule has 20 heavy (non-hydrogen) atoms. The molecule has 0 aliphatic carbocycles. The number of pyridine rings is 1. The van der Waals surface area contributed by atoms with Crippen molar-refractivity contribution < 1.29 is 4.79 Å². The van der Waals surface area contributed by atoms with E-state index in [1.54, 1.807) is 6.92 Å². The van der Waals surface area contributed by atoms with Crippen molar-refractivity contribution >= 4 is 11.6 Å². The Labute approximate surface area is 121 Å². The predicted octanol–water partition coefficient (Wildman–Crippen LogP) is 2.78. The summed E-state index contributed by atoms with van der Waals surface area (Å²) in [7, 11) is 0. The summed E-state index contributed by atoms with van der Waals surface area (Å²) >= 11 is 0. The van der Waals surface area contributed by atoms with E-state index >= 15 is 0 Å². The molecule has 1 amide bonds. The molecular weight excluding hydrogens is 250 g/mol. The number of aromatic nitrogens is 1. The Kier molecular flexibility index (Phi) is 4.31. The maximum absolute atomic E-state index is 11.7. The molecule has 4 heteroatoms. The molecule has 2 heterocycles. The van der Waals surface area contributed by atoms with Crippen molar-refractivity contribution in [1.82, 2.24) is 9.88 Å². The lowest BCUT2D eigenvalue weighted by Gasteiger charge is -2.29. The van der Waals surface area contributed by atoms with Gasteiger partial charge in [0.25, 0.3) is 0 Å². The van der Waals surface area contributed by atoms with Gasteiger partial charge in [0.1, 0.15) is 0 Å². The van der Waals surface area contributed by atoms with E-state index in [1.807, 2.05) is 11.1 Å². The molecular formula is C16H25N3O. The van der Waals surface area contributed by atoms with Crippen LogP contribution in [0, 0.1) is 0 Å². The van der Waals surface area contributed by atoms with Gasteiger partial charge in [0.15, 0.2) is 0 Å². The van der Waals surface area contributed by atoms with Gasteiger partial charge in [-0.2, -0.15) is 0 Å². The Morgan fingerprint density at radius 1 is 1.25 bits per heavy atom. The lowest BCUT2D eigenvalue weighted by atomic mass is 10.1. The van der Waals surface area contributed by atoms with Gasteiger partial charge in [0.2, 0.25) is 5.91 Å². The molecule has 0 aromatic carbocycles. The monoisotopic (exact) mass is 275 g/mol. The third-order valence-corrected chi connectivity index (χ3v) is 3.92. The summed E-state index contributed by atoms with van der Waals surface area (Å²) in [6.07, 6.45) is 1.95. The summed E-state index contributed by atoms with van der Waals surface area (Å²) in [5.74, 6) is 0.552. The second-order valence-corrected chi connectivity index (χ2v) is 6.12. The molecule has 0 bridgehead atoms. The number of carbonyl (C=O) groups excluding carboxylic acids is 1. The van der Waals surface area contributed by atoms with Gasteiger partial charge >= 0.3 is 0 Å². The van der Waals surface area contributed by atoms with E-state index in [-0.39, 0.29) is 5.91 Å². The van der Waals surface area contributed by atoms with E-state index in [1.165, 1.54) is 5.69 Å². The highest BCUT2D eigenvalue weighted by atomic mass is 16.2. The second kappa shape index (κ2) is 5.81. The van der Waals surface area contributed by atoms with Gasteiger partial charge in [0.05, 0.1) is 0 Å². The van der Waals surface area contributed by atoms with Crippen molar-refractivity contribution in [3.63, 3.8) is 0 Å². The van der Waals surface area contributed by atoms with E-state index < -0.39 is 0 Å². The third kappa shape index (κ3) is 2.94. The van der Waals surface area contributed by atoms with Crippen LogP contribution in [0.25, 0.3) is 0 Å². The van der Waals surface area contributed by atoms with Crippen LogP contribution in [0.2, 0.25) is 0 Å². The summed E-state index contributed by atoms with van der Waals surface area (Å²) in [5.41, 5.74) is 3.50. The molecule has 0 unspecified atom stereocenters. The molecule has 1 aromatic heterocycles. The topological polar surface area (TPSA) is 36.4 Å². The fraction of sp³-hybridized carbons (Fsp3) is 0.625. The van der Waals surface area contributed by atoms with Gasteiger partial charge in [-0.1, -0.05) is 13.8 Å². The molecule has 2 rings (SSSR count). The second-order valence-electron chi connectivity index (χ2n) is 6.12. The van der Waals surface area contributed by atoms with Crippen molar-refractivity contribution in [2.45, 2.75) is 53.1 Å². The van der Waals surface area contributed by atoms with Crippen molar-refractivity contribution in [2.24, 2.45) is 0 Å². The quantitative estimate of drug-likeness (QED) is 0.832. The van der Waals surface area contributed by atoms with Gasteiger partial charge in [0, 0.05) is 55.7 Å². The molecule has 0 saturated carbocycles. The van der Waals surface area contributed by atoms with E-state index in [0.29, 0.717) is 18.5 Å². The first-order chi connectivity index (χ1) is 9.40. The van der Waals surface area contributed by atoms with E-state index in [0.717, 1.165) is 24.3 Å². The van der Waals surface area contributed by atoms with Crippen LogP contribution in [0.5, 0.6) is 0 Å². The van der Waals surface area contributed by atoms with Crippen LogP contribution in [0.15, 0.2) is 12.3 Å². The maximum Gasteiger partial charge on any atom is 0.219 e. The average Bonchev–Trinajstić information content (AvgIpc) is 2.56. The number of carbonyl (C=O) groups is 1. The molecule has 110 valence electrons. The zero-order valence-electron chi connectivity index (χ0n) is 13.2. The lowest BCUT2D eigenvalue weighted by Crippen LogP contribution is -2.37. The highest BCUT2D eigenvalue weighted by molar-refractivity contribution is 5.74. The SMILES string of the molecule is CC(=O)N1CCN(C(C)C)c2cc(C(C)C)ncc2C1. The Morgan fingerprint density at radius 3 is 2.50 bits per heavy atom. The molecule has 1 aliphatic rings. The Bertz CT molecular complexity index is 496. The van der Waals surface area contributed by atoms with E-state index in [2.05, 4.69) is 43.6 Å². The van der Waals surface area contributed by atoms with Crippen LogP contribution in [0.3, 0.4) is 0 Å². The first kappa shape index (κ1) is 14.8. The number of fused-ring (bicyclic) bond motifs is 1. The summed E-state index contributed by atoms with van der Waals surface area (Å²) in [4.78, 5) is 20.5. The summed E-state index contributed by atoms with van der Waals surface area (Å²) in [5, 5.41) is 0. The number of amides is 1. The normalized spacial score (nSPS) is 15.6. The van der Waals surface area contributed by atoms with Gasteiger partial charge < -0.3 is 9.80 Å². The van der Waals surface area contributed by atoms with E-state index in [4.69, 9.17) is 0 Å². The zero-order chi connectivity index (χ0) is 14.9. The number of anilines is 1. The number of nitrogens with zero attached hydrogens (tertiary/aromatic N) is 3. The van der Waals surface area contributed by atoms with Crippen LogP contribution in [0.1, 0.15) is 51.8 Å². The lowest BCUT2D eigenvalue weighted by molar-refractivity contribution is -0.129. The van der Waals surface area contributed by atoms with Crippen LogP contribution >= 0.6 is 0 Å². The van der Waals surface area contributed by atoms with Crippen LogP contribution < -0.4 is 4.90 Å². The van der Waals surface area contributed by atoms with Crippen molar-refractivity contribution in [3.05, 3.63) is 23.5 Å². The highest BCUT2D eigenvalue weighted by Crippen LogP contribution is 2.29. The van der Waals surface area contributed by atoms with Gasteiger partial charge in [-0.15, -0.1) is 0 Å². The van der Waals surface area contributed by atoms with Crippen LogP contribution in [0.4, 0.5) is 5.69 Å². The molecule has 0 fully saturated rings. The first-order valence-corrected chi connectivity index (χ1v) is 7.41. The minimum Gasteiger partial charge on any atom is -0.367 e. The van der Waals surface area contributed by atoms with Crippen molar-refractivity contribution in [1.29, 1.82) is 0 Å². The zero-order valence-corrected chi connectivity index (χ0v) is 13.2. The first-order valence-electron chi connectivity index (χ1n) is 7.41. The van der Waals surface area contributed by atoms with Crippen molar-refractivity contribution in [2.75, 3.05) is 18.0 Å². The van der Waals surface area contributed by atoms with Gasteiger partial charge in [-0.3, -0.25) is 9.78 Å². The summed E-state index contributed by atoms with van der Waals surface area (Å²) in [6.45, 7) is 12.7. The fourth-order valence-corrected chi connectivity index (χ4v) is 2.63. The Hall–Kier alpha value is -1.58. The Morgan fingerprint density at radius 2 is 1.95 bits per heavy atom.